The number of amides is 1. The molecule has 0 saturated heterocycles. The third-order valence-electron chi connectivity index (χ3n) is 5.85. The number of methoxy groups -OCH3 is 2. The van der Waals surface area contributed by atoms with Crippen LogP contribution in [-0.2, 0) is 6.61 Å². The number of hydrazone groups is 1. The van der Waals surface area contributed by atoms with Crippen LogP contribution in [0.2, 0.25) is 0 Å². The van der Waals surface area contributed by atoms with E-state index >= 15 is 0 Å². The van der Waals surface area contributed by atoms with Crippen molar-refractivity contribution in [2.45, 2.75) is 40.4 Å². The molecule has 0 atom stereocenters. The van der Waals surface area contributed by atoms with Gasteiger partial charge in [0.05, 0.1) is 26.5 Å². The number of aryl methyl sites for hydroxylation is 2. The van der Waals surface area contributed by atoms with Crippen molar-refractivity contribution in [3.8, 4) is 28.7 Å². The van der Waals surface area contributed by atoms with E-state index in [2.05, 4.69) is 41.1 Å². The van der Waals surface area contributed by atoms with E-state index < -0.39 is 5.91 Å². The van der Waals surface area contributed by atoms with Gasteiger partial charge in [-0.05, 0) is 88.4 Å². The van der Waals surface area contributed by atoms with E-state index in [1.165, 1.54) is 17.6 Å². The second-order valence-electron chi connectivity index (χ2n) is 9.12. The lowest BCUT2D eigenvalue weighted by Gasteiger charge is -2.17. The highest BCUT2D eigenvalue weighted by Gasteiger charge is 2.16. The van der Waals surface area contributed by atoms with E-state index in [9.17, 15) is 4.79 Å². The first-order chi connectivity index (χ1) is 18.8. The number of ether oxygens (including phenoxy) is 4. The fraction of sp³-hybridized carbons (Fsp3) is 0.267. The average Bonchev–Trinajstić information content (AvgIpc) is 3.54. The Morgan fingerprint density at radius 2 is 1.62 bits per heavy atom. The highest BCUT2D eigenvalue weighted by molar-refractivity contribution is 5.92. The maximum Gasteiger partial charge on any atom is 0.307 e. The molecular weight excluding hydrogens is 498 g/mol. The molecule has 0 unspecified atom stereocenters. The second kappa shape index (κ2) is 12.3. The van der Waals surface area contributed by atoms with Gasteiger partial charge in [-0.15, -0.1) is 0 Å². The summed E-state index contributed by atoms with van der Waals surface area (Å²) in [5.41, 5.74) is 6.52. The van der Waals surface area contributed by atoms with Crippen molar-refractivity contribution in [3.05, 3.63) is 89.1 Å². The lowest BCUT2D eigenvalue weighted by molar-refractivity contribution is 0.0923. The highest BCUT2D eigenvalue weighted by atomic mass is 16.5. The van der Waals surface area contributed by atoms with Crippen LogP contribution in [0.4, 0.5) is 0 Å². The number of nitrogens with one attached hydrogen (secondary N) is 1. The van der Waals surface area contributed by atoms with Crippen LogP contribution in [0.25, 0.3) is 5.69 Å². The first-order valence-electron chi connectivity index (χ1n) is 12.5. The molecule has 0 saturated carbocycles. The Bertz CT molecular complexity index is 1410. The fourth-order valence-corrected chi connectivity index (χ4v) is 4.05. The summed E-state index contributed by atoms with van der Waals surface area (Å²) >= 11 is 0. The molecule has 0 radical (unpaired) electrons. The van der Waals surface area contributed by atoms with Gasteiger partial charge in [-0.3, -0.25) is 4.79 Å². The molecule has 4 rings (SSSR count). The SMILES string of the molecule is COc1cc(/C=N/NC(=O)c2ccc(COc3ccc(-n4c(C)ccc4C)cc3)o2)cc(OC)c1OC(C)C. The molecule has 0 aliphatic rings. The average molecular weight is 532 g/mol. The number of carbonyl (C=O) groups excluding carboxylic acids is 1. The molecule has 0 aliphatic carbocycles. The second-order valence-corrected chi connectivity index (χ2v) is 9.12. The zero-order chi connectivity index (χ0) is 27.9. The quantitative estimate of drug-likeness (QED) is 0.193. The van der Waals surface area contributed by atoms with Crippen LogP contribution in [0.1, 0.15) is 47.1 Å². The number of carbonyl (C=O) groups is 1. The van der Waals surface area contributed by atoms with Gasteiger partial charge in [0.1, 0.15) is 18.1 Å². The van der Waals surface area contributed by atoms with Crippen LogP contribution in [0.3, 0.4) is 0 Å². The molecule has 2 aromatic carbocycles. The Labute approximate surface area is 227 Å². The Morgan fingerprint density at radius 3 is 2.21 bits per heavy atom. The summed E-state index contributed by atoms with van der Waals surface area (Å²) in [6.45, 7) is 8.16. The minimum atomic E-state index is -0.488. The zero-order valence-corrected chi connectivity index (χ0v) is 23.0. The molecule has 1 amide bonds. The van der Waals surface area contributed by atoms with Crippen molar-refractivity contribution in [3.63, 3.8) is 0 Å². The van der Waals surface area contributed by atoms with Gasteiger partial charge in [0.2, 0.25) is 5.75 Å². The largest absolute Gasteiger partial charge is 0.493 e. The van der Waals surface area contributed by atoms with E-state index in [0.717, 1.165) is 5.69 Å². The smallest absolute Gasteiger partial charge is 0.307 e. The maximum atomic E-state index is 12.5. The first kappa shape index (κ1) is 27.4. The molecule has 0 spiro atoms. The van der Waals surface area contributed by atoms with Gasteiger partial charge in [-0.1, -0.05) is 0 Å². The first-order valence-corrected chi connectivity index (χ1v) is 12.5. The third-order valence-corrected chi connectivity index (χ3v) is 5.85. The van der Waals surface area contributed by atoms with Gasteiger partial charge >= 0.3 is 5.91 Å². The molecule has 0 aliphatic heterocycles. The Morgan fingerprint density at radius 1 is 0.974 bits per heavy atom. The third kappa shape index (κ3) is 6.62. The summed E-state index contributed by atoms with van der Waals surface area (Å²) in [4.78, 5) is 12.5. The summed E-state index contributed by atoms with van der Waals surface area (Å²) in [7, 11) is 3.09. The van der Waals surface area contributed by atoms with Crippen LogP contribution in [-0.4, -0.2) is 37.0 Å². The summed E-state index contributed by atoms with van der Waals surface area (Å²) < 4.78 is 30.3. The minimum absolute atomic E-state index is 0.0560. The number of furan rings is 1. The summed E-state index contributed by atoms with van der Waals surface area (Å²) in [6, 6.07) is 18.8. The summed E-state index contributed by atoms with van der Waals surface area (Å²) in [5, 5.41) is 4.03. The van der Waals surface area contributed by atoms with Crippen molar-refractivity contribution >= 4 is 12.1 Å². The van der Waals surface area contributed by atoms with Gasteiger partial charge in [0.15, 0.2) is 17.3 Å². The molecule has 2 heterocycles. The van der Waals surface area contributed by atoms with Gasteiger partial charge < -0.3 is 27.9 Å². The van der Waals surface area contributed by atoms with Gasteiger partial charge in [-0.2, -0.15) is 5.10 Å². The monoisotopic (exact) mass is 531 g/mol. The van der Waals surface area contributed by atoms with E-state index in [1.54, 1.807) is 38.5 Å². The van der Waals surface area contributed by atoms with Crippen molar-refractivity contribution in [2.75, 3.05) is 14.2 Å². The van der Waals surface area contributed by atoms with Crippen molar-refractivity contribution < 1.29 is 28.2 Å². The van der Waals surface area contributed by atoms with E-state index in [1.807, 2.05) is 38.1 Å². The molecule has 2 aromatic heterocycles. The Kier molecular flexibility index (Phi) is 8.60. The van der Waals surface area contributed by atoms with E-state index in [0.29, 0.717) is 34.3 Å². The standard InChI is InChI=1S/C30H33N3O6/c1-19(2)38-29-27(35-5)15-22(16-28(29)36-6)17-31-32-30(34)26-14-13-25(39-26)18-37-24-11-9-23(10-12-24)33-20(3)7-8-21(33)4/h7-17,19H,18H2,1-6H3,(H,32,34)/b31-17+. The molecule has 4 aromatic rings. The van der Waals surface area contributed by atoms with Crippen molar-refractivity contribution in [1.82, 2.24) is 9.99 Å². The zero-order valence-electron chi connectivity index (χ0n) is 23.0. The van der Waals surface area contributed by atoms with Crippen molar-refractivity contribution in [2.24, 2.45) is 5.10 Å². The fourth-order valence-electron chi connectivity index (χ4n) is 4.05. The molecule has 39 heavy (non-hydrogen) atoms. The van der Waals surface area contributed by atoms with E-state index in [-0.39, 0.29) is 18.5 Å². The lowest BCUT2D eigenvalue weighted by atomic mass is 10.2. The van der Waals surface area contributed by atoms with Crippen LogP contribution < -0.4 is 24.4 Å². The van der Waals surface area contributed by atoms with Gasteiger partial charge in [0.25, 0.3) is 0 Å². The van der Waals surface area contributed by atoms with Crippen molar-refractivity contribution in [1.29, 1.82) is 0 Å². The Hall–Kier alpha value is -4.66. The summed E-state index contributed by atoms with van der Waals surface area (Å²) in [6.07, 6.45) is 1.43. The van der Waals surface area contributed by atoms with Gasteiger partial charge in [-0.25, -0.2) is 5.43 Å². The van der Waals surface area contributed by atoms with Gasteiger partial charge in [0, 0.05) is 22.6 Å². The van der Waals surface area contributed by atoms with Crippen LogP contribution in [0, 0.1) is 13.8 Å². The predicted octanol–water partition coefficient (Wildman–Crippen LogP) is 5.83. The van der Waals surface area contributed by atoms with Crippen LogP contribution in [0.5, 0.6) is 23.0 Å². The number of benzene rings is 2. The number of aromatic nitrogens is 1. The number of hydrogen-bond donors (Lipinski definition) is 1. The number of nitrogens with zero attached hydrogens (tertiary/aromatic N) is 2. The minimum Gasteiger partial charge on any atom is -0.493 e. The molecule has 9 nitrogen and oxygen atoms in total. The number of rotatable bonds is 11. The highest BCUT2D eigenvalue weighted by Crippen LogP contribution is 2.38. The molecular formula is C30H33N3O6. The normalized spacial score (nSPS) is 11.2. The number of hydrogen-bond acceptors (Lipinski definition) is 7. The predicted molar refractivity (Wildman–Crippen MR) is 149 cm³/mol. The van der Waals surface area contributed by atoms with Crippen LogP contribution in [0.15, 0.2) is 70.2 Å². The molecule has 204 valence electrons. The maximum absolute atomic E-state index is 12.5. The van der Waals surface area contributed by atoms with Crippen LogP contribution >= 0.6 is 0 Å². The summed E-state index contributed by atoms with van der Waals surface area (Å²) in [5.74, 6) is 2.34. The molecule has 1 N–H and O–H groups in total. The Balaban J connectivity index is 1.34. The van der Waals surface area contributed by atoms with E-state index in [4.69, 9.17) is 23.4 Å². The topological polar surface area (TPSA) is 96.5 Å². The lowest BCUT2D eigenvalue weighted by Crippen LogP contribution is -2.16. The molecule has 0 bridgehead atoms. The molecule has 0 fully saturated rings. The molecule has 9 heteroatoms.